The number of alkyl halides is 3. The predicted molar refractivity (Wildman–Crippen MR) is 47.1 cm³/mol. The monoisotopic (exact) mass is 219 g/mol. The van der Waals surface area contributed by atoms with Gasteiger partial charge >= 0.3 is 6.18 Å². The Hall–Kier alpha value is -1.79. The van der Waals surface area contributed by atoms with Gasteiger partial charge in [0.1, 0.15) is 5.82 Å². The number of anilines is 1. The molecule has 15 heavy (non-hydrogen) atoms. The molecule has 1 heterocycles. The van der Waals surface area contributed by atoms with Crippen LogP contribution in [0.1, 0.15) is 10.4 Å². The Morgan fingerprint density at radius 3 is 2.47 bits per heavy atom. The van der Waals surface area contributed by atoms with E-state index in [1.807, 2.05) is 0 Å². The molecule has 0 atom stereocenters. The highest BCUT2D eigenvalue weighted by Crippen LogP contribution is 2.28. The van der Waals surface area contributed by atoms with Gasteiger partial charge < -0.3 is 5.73 Å². The fourth-order valence-corrected chi connectivity index (χ4v) is 0.913. The van der Waals surface area contributed by atoms with Gasteiger partial charge in [0.25, 0.3) is 0 Å². The number of Topliss-reactive ketones (excluding diaryl/α,β-unsaturated/α-hetero) is 1. The lowest BCUT2D eigenvalue weighted by Crippen LogP contribution is -2.19. The van der Waals surface area contributed by atoms with E-state index in [1.165, 1.54) is 7.05 Å². The van der Waals surface area contributed by atoms with Crippen LogP contribution >= 0.6 is 0 Å². The van der Waals surface area contributed by atoms with Gasteiger partial charge in [-0.3, -0.25) is 9.48 Å². The lowest BCUT2D eigenvalue weighted by atomic mass is 10.1. The Kier molecular flexibility index (Phi) is 2.57. The second-order valence-corrected chi connectivity index (χ2v) is 2.87. The van der Waals surface area contributed by atoms with Crippen LogP contribution in [0.3, 0.4) is 0 Å². The van der Waals surface area contributed by atoms with Crippen molar-refractivity contribution in [3.8, 4) is 0 Å². The number of hydrogen-bond acceptors (Lipinski definition) is 3. The molecule has 0 unspecified atom stereocenters. The van der Waals surface area contributed by atoms with Gasteiger partial charge in [-0.1, -0.05) is 6.58 Å². The maximum atomic E-state index is 12.1. The fourth-order valence-electron chi connectivity index (χ4n) is 0.913. The molecule has 0 aliphatic rings. The molecule has 0 saturated heterocycles. The number of nitrogens with two attached hydrogens (primary N) is 1. The van der Waals surface area contributed by atoms with Crippen LogP contribution in [-0.2, 0) is 7.05 Å². The summed E-state index contributed by atoms with van der Waals surface area (Å²) in [5.74, 6) is -1.38. The molecule has 1 aromatic heterocycles. The fraction of sp³-hybridized carbons (Fsp3) is 0.250. The summed E-state index contributed by atoms with van der Waals surface area (Å²) in [5.41, 5.74) is 3.61. The summed E-state index contributed by atoms with van der Waals surface area (Å²) in [7, 11) is 1.42. The number of carbonyl (C=O) groups excluding carboxylic acids is 1. The second-order valence-electron chi connectivity index (χ2n) is 2.87. The summed E-state index contributed by atoms with van der Waals surface area (Å²) in [6, 6.07) is 0. The standard InChI is InChI=1S/C8H8F3N3O/c1-4(8(9,10)11)6(15)5-3-13-14(2)7(5)12/h3H,1,12H2,2H3. The minimum absolute atomic E-state index is 0.120. The maximum absolute atomic E-state index is 12.1. The predicted octanol–water partition coefficient (Wildman–Crippen LogP) is 1.30. The van der Waals surface area contributed by atoms with Gasteiger partial charge in [-0.05, 0) is 0 Å². The minimum Gasteiger partial charge on any atom is -0.383 e. The number of nitrogens with zero attached hydrogens (tertiary/aromatic N) is 2. The largest absolute Gasteiger partial charge is 0.419 e. The molecular formula is C8H8F3N3O. The number of nitrogen functional groups attached to an aromatic ring is 1. The molecule has 0 fully saturated rings. The highest BCUT2D eigenvalue weighted by atomic mass is 19.4. The number of ketones is 1. The van der Waals surface area contributed by atoms with Gasteiger partial charge in [0, 0.05) is 7.05 Å². The van der Waals surface area contributed by atoms with Gasteiger partial charge in [-0.15, -0.1) is 0 Å². The van der Waals surface area contributed by atoms with E-state index in [4.69, 9.17) is 5.73 Å². The number of allylic oxidation sites excluding steroid dienone is 1. The molecule has 0 radical (unpaired) electrons. The molecular weight excluding hydrogens is 211 g/mol. The van der Waals surface area contributed by atoms with Crippen LogP contribution in [0.25, 0.3) is 0 Å². The Morgan fingerprint density at radius 1 is 1.60 bits per heavy atom. The van der Waals surface area contributed by atoms with Crippen molar-refractivity contribution in [2.75, 3.05) is 5.73 Å². The maximum Gasteiger partial charge on any atom is 0.419 e. The van der Waals surface area contributed by atoms with E-state index in [9.17, 15) is 18.0 Å². The third-order valence-corrected chi connectivity index (χ3v) is 1.85. The van der Waals surface area contributed by atoms with Crippen LogP contribution in [0, 0.1) is 0 Å². The van der Waals surface area contributed by atoms with E-state index in [0.29, 0.717) is 0 Å². The number of aromatic nitrogens is 2. The van der Waals surface area contributed by atoms with Crippen molar-refractivity contribution < 1.29 is 18.0 Å². The number of hydrogen-bond donors (Lipinski definition) is 1. The zero-order chi connectivity index (χ0) is 11.8. The van der Waals surface area contributed by atoms with Crippen LogP contribution in [0.5, 0.6) is 0 Å². The van der Waals surface area contributed by atoms with Crippen molar-refractivity contribution in [3.63, 3.8) is 0 Å². The second kappa shape index (κ2) is 3.41. The molecule has 0 saturated carbocycles. The van der Waals surface area contributed by atoms with Crippen molar-refractivity contribution in [1.82, 2.24) is 9.78 Å². The van der Waals surface area contributed by atoms with Gasteiger partial charge in [0.2, 0.25) is 5.78 Å². The first-order valence-electron chi connectivity index (χ1n) is 3.83. The first kappa shape index (κ1) is 11.3. The number of halogens is 3. The van der Waals surface area contributed by atoms with Gasteiger partial charge in [-0.25, -0.2) is 0 Å². The SMILES string of the molecule is C=C(C(=O)c1cnn(C)c1N)C(F)(F)F. The number of carbonyl (C=O) groups is 1. The lowest BCUT2D eigenvalue weighted by molar-refractivity contribution is -0.0883. The molecule has 4 nitrogen and oxygen atoms in total. The normalized spacial score (nSPS) is 11.5. The van der Waals surface area contributed by atoms with Crippen molar-refractivity contribution in [2.45, 2.75) is 6.18 Å². The van der Waals surface area contributed by atoms with Gasteiger partial charge in [0.15, 0.2) is 0 Å². The third-order valence-electron chi connectivity index (χ3n) is 1.85. The average Bonchev–Trinajstić information content (AvgIpc) is 2.44. The smallest absolute Gasteiger partial charge is 0.383 e. The average molecular weight is 219 g/mol. The van der Waals surface area contributed by atoms with Crippen molar-refractivity contribution in [2.24, 2.45) is 7.05 Å². The van der Waals surface area contributed by atoms with E-state index in [0.717, 1.165) is 10.9 Å². The van der Waals surface area contributed by atoms with Crippen molar-refractivity contribution in [3.05, 3.63) is 23.9 Å². The Morgan fingerprint density at radius 2 is 2.13 bits per heavy atom. The molecule has 0 bridgehead atoms. The lowest BCUT2D eigenvalue weighted by Gasteiger charge is -2.07. The van der Waals surface area contributed by atoms with Gasteiger partial charge in [0.05, 0.1) is 17.3 Å². The van der Waals surface area contributed by atoms with Crippen molar-refractivity contribution >= 4 is 11.6 Å². The van der Waals surface area contributed by atoms with E-state index >= 15 is 0 Å². The Labute approximate surface area is 83.2 Å². The minimum atomic E-state index is -4.75. The highest BCUT2D eigenvalue weighted by molar-refractivity contribution is 6.11. The molecule has 7 heteroatoms. The molecule has 0 aliphatic carbocycles. The van der Waals surface area contributed by atoms with Crippen LogP contribution < -0.4 is 5.73 Å². The number of aryl methyl sites for hydroxylation is 1. The molecule has 0 spiro atoms. The van der Waals surface area contributed by atoms with Crippen LogP contribution in [0.4, 0.5) is 19.0 Å². The van der Waals surface area contributed by atoms with Crippen LogP contribution in [0.15, 0.2) is 18.3 Å². The molecule has 0 amide bonds. The molecule has 1 aromatic rings. The molecule has 0 aliphatic heterocycles. The summed E-state index contributed by atoms with van der Waals surface area (Å²) in [6.07, 6.45) is -3.77. The summed E-state index contributed by atoms with van der Waals surface area (Å²) in [4.78, 5) is 11.3. The summed E-state index contributed by atoms with van der Waals surface area (Å²) in [5, 5.41) is 3.56. The van der Waals surface area contributed by atoms with Gasteiger partial charge in [-0.2, -0.15) is 18.3 Å². The first-order valence-corrected chi connectivity index (χ1v) is 3.83. The van der Waals surface area contributed by atoms with E-state index in [2.05, 4.69) is 11.7 Å². The molecule has 0 aromatic carbocycles. The Bertz CT molecular complexity index is 419. The molecule has 2 N–H and O–H groups in total. The third kappa shape index (κ3) is 2.00. The molecule has 1 rings (SSSR count). The van der Waals surface area contributed by atoms with Crippen LogP contribution in [0.2, 0.25) is 0 Å². The van der Waals surface area contributed by atoms with E-state index in [1.54, 1.807) is 0 Å². The summed E-state index contributed by atoms with van der Waals surface area (Å²) >= 11 is 0. The summed E-state index contributed by atoms with van der Waals surface area (Å²) in [6.45, 7) is 2.69. The quantitative estimate of drug-likeness (QED) is 0.602. The van der Waals surface area contributed by atoms with E-state index < -0.39 is 17.5 Å². The molecule has 82 valence electrons. The van der Waals surface area contributed by atoms with Crippen LogP contribution in [-0.4, -0.2) is 21.7 Å². The zero-order valence-corrected chi connectivity index (χ0v) is 7.80. The topological polar surface area (TPSA) is 60.9 Å². The van der Waals surface area contributed by atoms with E-state index in [-0.39, 0.29) is 11.4 Å². The summed E-state index contributed by atoms with van der Waals surface area (Å²) < 4.78 is 37.5. The van der Waals surface area contributed by atoms with Crippen molar-refractivity contribution in [1.29, 1.82) is 0 Å². The zero-order valence-electron chi connectivity index (χ0n) is 7.80. The highest BCUT2D eigenvalue weighted by Gasteiger charge is 2.38. The Balaban J connectivity index is 3.06. The first-order chi connectivity index (χ1) is 6.75. The number of rotatable bonds is 2.